The Bertz CT molecular complexity index is 639. The van der Waals surface area contributed by atoms with Crippen molar-refractivity contribution in [2.75, 3.05) is 0 Å². The van der Waals surface area contributed by atoms with Crippen molar-refractivity contribution in [2.45, 2.75) is 96.3 Å². The first-order valence-electron chi connectivity index (χ1n) is 11.5. The van der Waals surface area contributed by atoms with Gasteiger partial charge in [-0.3, -0.25) is 0 Å². The molecule has 0 N–H and O–H groups in total. The summed E-state index contributed by atoms with van der Waals surface area (Å²) in [7, 11) is 0. The van der Waals surface area contributed by atoms with Crippen molar-refractivity contribution < 1.29 is 8.78 Å². The van der Waals surface area contributed by atoms with Crippen LogP contribution in [0, 0.1) is 40.7 Å². The fraction of sp³-hybridized carbons (Fsp3) is 0.720. The minimum Gasteiger partial charge on any atom is -0.205 e. The average Bonchev–Trinajstić information content (AvgIpc) is 2.72. The van der Waals surface area contributed by atoms with Gasteiger partial charge in [0.2, 0.25) is 0 Å². The molecule has 2 aliphatic carbocycles. The predicted octanol–water partition coefficient (Wildman–Crippen LogP) is 7.89. The number of nitrogens with zero attached hydrogens (tertiary/aromatic N) is 1. The van der Waals surface area contributed by atoms with Gasteiger partial charge in [0.15, 0.2) is 0 Å². The van der Waals surface area contributed by atoms with E-state index in [1.54, 1.807) is 6.07 Å². The number of rotatable bonds is 7. The van der Waals surface area contributed by atoms with E-state index in [1.807, 2.05) is 0 Å². The summed E-state index contributed by atoms with van der Waals surface area (Å²) in [5.74, 6) is 1.43. The summed E-state index contributed by atoms with van der Waals surface area (Å²) >= 11 is 0. The van der Waals surface area contributed by atoms with Crippen LogP contribution in [0.15, 0.2) is 12.1 Å². The van der Waals surface area contributed by atoms with Crippen molar-refractivity contribution in [2.24, 2.45) is 17.8 Å². The lowest BCUT2D eigenvalue weighted by molar-refractivity contribution is 0.155. The largest absolute Gasteiger partial charge is 0.205 e. The fourth-order valence-corrected chi connectivity index (χ4v) is 5.67. The van der Waals surface area contributed by atoms with Gasteiger partial charge in [-0.1, -0.05) is 51.9 Å². The van der Waals surface area contributed by atoms with Crippen LogP contribution >= 0.6 is 0 Å². The molecule has 2 saturated carbocycles. The van der Waals surface area contributed by atoms with E-state index in [-0.39, 0.29) is 5.92 Å². The first-order chi connectivity index (χ1) is 13.6. The molecular weight excluding hydrogens is 352 g/mol. The van der Waals surface area contributed by atoms with Gasteiger partial charge in [-0.05, 0) is 79.9 Å². The van der Waals surface area contributed by atoms with Crippen LogP contribution < -0.4 is 0 Å². The van der Waals surface area contributed by atoms with E-state index in [2.05, 4.69) is 6.92 Å². The summed E-state index contributed by atoms with van der Waals surface area (Å²) in [5, 5.41) is 8.84. The van der Waals surface area contributed by atoms with E-state index in [0.717, 1.165) is 36.2 Å². The second-order valence-corrected chi connectivity index (χ2v) is 9.21. The maximum absolute atomic E-state index is 13.9. The summed E-state index contributed by atoms with van der Waals surface area (Å²) in [6, 6.07) is 4.39. The Morgan fingerprint density at radius 3 is 1.96 bits per heavy atom. The third-order valence-corrected chi connectivity index (χ3v) is 7.44. The van der Waals surface area contributed by atoms with Crippen LogP contribution in [-0.2, 0) is 0 Å². The highest BCUT2D eigenvalue weighted by Gasteiger charge is 2.31. The fourth-order valence-electron chi connectivity index (χ4n) is 5.67. The van der Waals surface area contributed by atoms with Crippen molar-refractivity contribution in [1.82, 2.24) is 0 Å². The first kappa shape index (κ1) is 21.3. The highest BCUT2D eigenvalue weighted by molar-refractivity contribution is 5.36. The lowest BCUT2D eigenvalue weighted by Crippen LogP contribution is -2.25. The lowest BCUT2D eigenvalue weighted by atomic mass is 9.68. The third-order valence-electron chi connectivity index (χ3n) is 7.44. The van der Waals surface area contributed by atoms with Gasteiger partial charge in [-0.25, -0.2) is 8.78 Å². The topological polar surface area (TPSA) is 23.8 Å². The van der Waals surface area contributed by atoms with Crippen molar-refractivity contribution in [3.8, 4) is 6.07 Å². The number of halogens is 2. The molecule has 0 spiro atoms. The van der Waals surface area contributed by atoms with Gasteiger partial charge in [-0.2, -0.15) is 5.26 Å². The van der Waals surface area contributed by atoms with Crippen LogP contribution in [0.1, 0.15) is 107 Å². The zero-order valence-corrected chi connectivity index (χ0v) is 17.4. The minimum atomic E-state index is -0.711. The maximum Gasteiger partial charge on any atom is 0.144 e. The van der Waals surface area contributed by atoms with Gasteiger partial charge in [0.05, 0.1) is 0 Å². The first-order valence-corrected chi connectivity index (χ1v) is 11.5. The molecule has 0 bridgehead atoms. The smallest absolute Gasteiger partial charge is 0.144 e. The van der Waals surface area contributed by atoms with Crippen LogP contribution in [0.2, 0.25) is 0 Å². The molecule has 28 heavy (non-hydrogen) atoms. The van der Waals surface area contributed by atoms with Crippen molar-refractivity contribution in [3.63, 3.8) is 0 Å². The Labute approximate surface area is 169 Å². The van der Waals surface area contributed by atoms with Crippen LogP contribution in [0.3, 0.4) is 0 Å². The highest BCUT2D eigenvalue weighted by Crippen LogP contribution is 2.44. The molecule has 0 radical (unpaired) electrons. The quantitative estimate of drug-likeness (QED) is 0.436. The molecule has 0 heterocycles. The van der Waals surface area contributed by atoms with Gasteiger partial charge in [0.25, 0.3) is 0 Å². The summed E-state index contributed by atoms with van der Waals surface area (Å²) in [6.45, 7) is 2.27. The number of benzene rings is 1. The van der Waals surface area contributed by atoms with Gasteiger partial charge >= 0.3 is 0 Å². The van der Waals surface area contributed by atoms with Gasteiger partial charge in [0.1, 0.15) is 23.3 Å². The van der Waals surface area contributed by atoms with Crippen molar-refractivity contribution >= 4 is 0 Å². The molecule has 154 valence electrons. The van der Waals surface area contributed by atoms with E-state index in [4.69, 9.17) is 5.26 Å². The summed E-state index contributed by atoms with van der Waals surface area (Å²) < 4.78 is 27.9. The molecule has 0 atom stereocenters. The number of hydrogen-bond donors (Lipinski definition) is 0. The summed E-state index contributed by atoms with van der Waals surface area (Å²) in [5.41, 5.74) is 0.284. The molecule has 2 aliphatic rings. The van der Waals surface area contributed by atoms with E-state index >= 15 is 0 Å². The monoisotopic (exact) mass is 387 g/mol. The second-order valence-electron chi connectivity index (χ2n) is 9.21. The highest BCUT2D eigenvalue weighted by atomic mass is 19.1. The second kappa shape index (κ2) is 10.4. The molecule has 3 rings (SSSR count). The SMILES string of the molecule is CCCCCC[C@H]1CC[C@H]([C@H]2CC[C@H](c3cc(F)c(C#N)c(F)c3)CC2)CC1. The number of nitriles is 1. The molecule has 1 aromatic rings. The van der Waals surface area contributed by atoms with Gasteiger partial charge < -0.3 is 0 Å². The summed E-state index contributed by atoms with van der Waals surface area (Å²) in [6.07, 6.45) is 16.9. The Hall–Kier alpha value is -1.43. The molecule has 0 unspecified atom stereocenters. The summed E-state index contributed by atoms with van der Waals surface area (Å²) in [4.78, 5) is 0. The molecule has 0 saturated heterocycles. The van der Waals surface area contributed by atoms with Gasteiger partial charge in [-0.15, -0.1) is 0 Å². The molecule has 0 amide bonds. The van der Waals surface area contributed by atoms with E-state index < -0.39 is 17.2 Å². The molecule has 1 aromatic carbocycles. The molecule has 2 fully saturated rings. The van der Waals surface area contributed by atoms with E-state index in [1.165, 1.54) is 82.8 Å². The molecular formula is C25H35F2N. The minimum absolute atomic E-state index is 0.239. The van der Waals surface area contributed by atoms with Crippen LogP contribution in [-0.4, -0.2) is 0 Å². The average molecular weight is 388 g/mol. The lowest BCUT2D eigenvalue weighted by Gasteiger charge is -2.38. The normalized spacial score (nSPS) is 28.1. The molecule has 0 aromatic heterocycles. The maximum atomic E-state index is 13.9. The Morgan fingerprint density at radius 2 is 1.43 bits per heavy atom. The van der Waals surface area contributed by atoms with Gasteiger partial charge in [0, 0.05) is 0 Å². The predicted molar refractivity (Wildman–Crippen MR) is 110 cm³/mol. The zero-order valence-electron chi connectivity index (χ0n) is 17.4. The number of hydrogen-bond acceptors (Lipinski definition) is 1. The van der Waals surface area contributed by atoms with E-state index in [0.29, 0.717) is 0 Å². The number of unbranched alkanes of at least 4 members (excludes halogenated alkanes) is 3. The Balaban J connectivity index is 1.44. The standard InChI is InChI=1S/C25H35F2N/c1-2-3-4-5-6-18-7-9-19(10-8-18)20-11-13-21(14-12-20)22-15-24(26)23(17-28)25(27)16-22/h15-16,18-21H,2-14H2,1H3/t18-,19-,20-,21-. The van der Waals surface area contributed by atoms with E-state index in [9.17, 15) is 8.78 Å². The molecule has 0 aliphatic heterocycles. The third kappa shape index (κ3) is 5.34. The van der Waals surface area contributed by atoms with Crippen LogP contribution in [0.25, 0.3) is 0 Å². The van der Waals surface area contributed by atoms with Crippen LogP contribution in [0.5, 0.6) is 0 Å². The molecule has 1 nitrogen and oxygen atoms in total. The van der Waals surface area contributed by atoms with Crippen molar-refractivity contribution in [3.05, 3.63) is 34.9 Å². The Kier molecular flexibility index (Phi) is 7.89. The molecule has 3 heteroatoms. The zero-order chi connectivity index (χ0) is 19.9. The van der Waals surface area contributed by atoms with Crippen LogP contribution in [0.4, 0.5) is 8.78 Å². The van der Waals surface area contributed by atoms with Crippen molar-refractivity contribution in [1.29, 1.82) is 5.26 Å². The Morgan fingerprint density at radius 1 is 0.857 bits per heavy atom.